The van der Waals surface area contributed by atoms with Crippen LogP contribution >= 0.6 is 0 Å². The molecular formula is C28H32N6. The van der Waals surface area contributed by atoms with Gasteiger partial charge < -0.3 is 14.8 Å². The van der Waals surface area contributed by atoms with E-state index in [0.717, 1.165) is 68.9 Å². The van der Waals surface area contributed by atoms with Gasteiger partial charge in [-0.2, -0.15) is 5.10 Å². The van der Waals surface area contributed by atoms with Gasteiger partial charge in [-0.15, -0.1) is 0 Å². The smallest absolute Gasteiger partial charge is 0.137 e. The molecule has 0 atom stereocenters. The maximum atomic E-state index is 4.74. The highest BCUT2D eigenvalue weighted by atomic mass is 15.2. The molecule has 5 rings (SSSR count). The molecule has 4 heterocycles. The van der Waals surface area contributed by atoms with Crippen molar-refractivity contribution < 1.29 is 0 Å². The third-order valence-electron chi connectivity index (χ3n) is 6.67. The van der Waals surface area contributed by atoms with Gasteiger partial charge in [-0.3, -0.25) is 5.10 Å². The van der Waals surface area contributed by atoms with E-state index in [1.54, 1.807) is 0 Å². The van der Waals surface area contributed by atoms with E-state index in [1.807, 2.05) is 32.4 Å². The Morgan fingerprint density at radius 2 is 1.88 bits per heavy atom. The van der Waals surface area contributed by atoms with Crippen LogP contribution < -0.4 is 4.90 Å². The lowest BCUT2D eigenvalue weighted by Gasteiger charge is -2.28. The number of rotatable bonds is 6. The number of nitrogens with zero attached hydrogens (tertiary/aromatic N) is 4. The summed E-state index contributed by atoms with van der Waals surface area (Å²) in [6.07, 6.45) is 11.8. The number of piperidine rings is 1. The van der Waals surface area contributed by atoms with Crippen molar-refractivity contribution in [3.05, 3.63) is 72.6 Å². The van der Waals surface area contributed by atoms with Crippen molar-refractivity contribution in [1.82, 2.24) is 25.1 Å². The summed E-state index contributed by atoms with van der Waals surface area (Å²) >= 11 is 0. The van der Waals surface area contributed by atoms with E-state index in [9.17, 15) is 0 Å². The van der Waals surface area contributed by atoms with Crippen LogP contribution in [0.1, 0.15) is 31.7 Å². The average Bonchev–Trinajstić information content (AvgIpc) is 3.48. The van der Waals surface area contributed by atoms with Gasteiger partial charge in [0.05, 0.1) is 16.7 Å². The fraction of sp³-hybridized carbons (Fsp3) is 0.286. The molecule has 174 valence electrons. The van der Waals surface area contributed by atoms with Crippen LogP contribution in [0.5, 0.6) is 0 Å². The van der Waals surface area contributed by atoms with E-state index >= 15 is 0 Å². The highest BCUT2D eigenvalue weighted by Gasteiger charge is 2.18. The summed E-state index contributed by atoms with van der Waals surface area (Å²) in [5.41, 5.74) is 7.39. The predicted molar refractivity (Wildman–Crippen MR) is 143 cm³/mol. The highest BCUT2D eigenvalue weighted by Crippen LogP contribution is 2.34. The molecule has 2 N–H and O–H groups in total. The molecule has 1 aliphatic heterocycles. The van der Waals surface area contributed by atoms with Crippen molar-refractivity contribution in [3.63, 3.8) is 0 Å². The second-order valence-corrected chi connectivity index (χ2v) is 9.07. The van der Waals surface area contributed by atoms with Crippen molar-refractivity contribution in [2.24, 2.45) is 0 Å². The number of benzene rings is 1. The van der Waals surface area contributed by atoms with E-state index < -0.39 is 0 Å². The van der Waals surface area contributed by atoms with Gasteiger partial charge in [0.15, 0.2) is 0 Å². The van der Waals surface area contributed by atoms with Gasteiger partial charge in [0.1, 0.15) is 11.5 Å². The first-order valence-corrected chi connectivity index (χ1v) is 12.0. The maximum absolute atomic E-state index is 4.74. The molecule has 34 heavy (non-hydrogen) atoms. The third kappa shape index (κ3) is 4.00. The summed E-state index contributed by atoms with van der Waals surface area (Å²) in [5, 5.41) is 10.1. The molecule has 1 aromatic carbocycles. The quantitative estimate of drug-likeness (QED) is 0.345. The van der Waals surface area contributed by atoms with Crippen LogP contribution in [-0.4, -0.2) is 52.3 Å². The van der Waals surface area contributed by atoms with Crippen LogP contribution in [0.3, 0.4) is 0 Å². The van der Waals surface area contributed by atoms with Gasteiger partial charge >= 0.3 is 0 Å². The summed E-state index contributed by atoms with van der Waals surface area (Å²) in [6.45, 7) is 8.16. The Balaban J connectivity index is 1.58. The van der Waals surface area contributed by atoms with Gasteiger partial charge in [-0.25, -0.2) is 4.98 Å². The van der Waals surface area contributed by atoms with E-state index in [1.165, 1.54) is 19.3 Å². The number of anilines is 1. The molecule has 3 aromatic heterocycles. The zero-order valence-electron chi connectivity index (χ0n) is 20.2. The summed E-state index contributed by atoms with van der Waals surface area (Å²) in [5.74, 6) is 1.07. The minimum absolute atomic E-state index is 0.925. The van der Waals surface area contributed by atoms with Crippen molar-refractivity contribution in [2.45, 2.75) is 26.2 Å². The molecule has 1 aliphatic rings. The zero-order valence-corrected chi connectivity index (χ0v) is 20.2. The van der Waals surface area contributed by atoms with Gasteiger partial charge in [0.2, 0.25) is 0 Å². The maximum Gasteiger partial charge on any atom is 0.137 e. The monoisotopic (exact) mass is 452 g/mol. The largest absolute Gasteiger partial charge is 0.378 e. The molecule has 1 fully saturated rings. The number of H-pyrrole nitrogens is 2. The second kappa shape index (κ2) is 9.21. The predicted octanol–water partition coefficient (Wildman–Crippen LogP) is 6.13. The summed E-state index contributed by atoms with van der Waals surface area (Å²) in [4.78, 5) is 12.8. The fourth-order valence-corrected chi connectivity index (χ4v) is 4.79. The van der Waals surface area contributed by atoms with Crippen molar-refractivity contribution in [1.29, 1.82) is 0 Å². The molecule has 6 heteroatoms. The van der Waals surface area contributed by atoms with Gasteiger partial charge in [0, 0.05) is 49.9 Å². The zero-order chi connectivity index (χ0) is 23.7. The third-order valence-corrected chi connectivity index (χ3v) is 6.67. The molecule has 6 nitrogen and oxygen atoms in total. The standard InChI is InChI=1S/C28H32N6/c1-5-19(16-21(6-2)33(3)4)20-10-11-25-22(17-20)27(32-31-25)26-18-23-24(30-26)12-13-29-28(23)34-14-8-7-9-15-34/h5-6,10-13,16-18,30H,2,7-9,14-15H2,1,3-4H3,(H,31,32)/b19-5+,21-16+. The van der Waals surface area contributed by atoms with E-state index in [-0.39, 0.29) is 0 Å². The first kappa shape index (κ1) is 22.0. The number of pyridine rings is 1. The molecule has 0 spiro atoms. The minimum atomic E-state index is 0.925. The minimum Gasteiger partial charge on any atom is -0.378 e. The first-order valence-electron chi connectivity index (χ1n) is 12.0. The number of likely N-dealkylation sites (N-methyl/N-ethyl adjacent to an activating group) is 1. The van der Waals surface area contributed by atoms with Gasteiger partial charge in [-0.1, -0.05) is 18.7 Å². The van der Waals surface area contributed by atoms with Crippen LogP contribution in [-0.2, 0) is 0 Å². The van der Waals surface area contributed by atoms with E-state index in [0.29, 0.717) is 0 Å². The Kier molecular flexibility index (Phi) is 5.97. The van der Waals surface area contributed by atoms with Crippen LogP contribution in [0.4, 0.5) is 5.82 Å². The van der Waals surface area contributed by atoms with E-state index in [2.05, 4.69) is 74.9 Å². The average molecular weight is 453 g/mol. The van der Waals surface area contributed by atoms with Crippen LogP contribution in [0, 0.1) is 0 Å². The molecule has 4 aromatic rings. The van der Waals surface area contributed by atoms with Crippen LogP contribution in [0.15, 0.2) is 67.0 Å². The normalized spacial score (nSPS) is 15.3. The number of fused-ring (bicyclic) bond motifs is 2. The van der Waals surface area contributed by atoms with Crippen molar-refractivity contribution >= 4 is 33.2 Å². The number of allylic oxidation sites excluding steroid dienone is 4. The Labute approximate surface area is 200 Å². The first-order chi connectivity index (χ1) is 16.6. The lowest BCUT2D eigenvalue weighted by molar-refractivity contribution is 0.530. The molecule has 0 radical (unpaired) electrons. The van der Waals surface area contributed by atoms with Crippen molar-refractivity contribution in [2.75, 3.05) is 32.1 Å². The Morgan fingerprint density at radius 1 is 1.06 bits per heavy atom. The lowest BCUT2D eigenvalue weighted by Crippen LogP contribution is -2.30. The van der Waals surface area contributed by atoms with Crippen LogP contribution in [0.2, 0.25) is 0 Å². The number of nitrogens with one attached hydrogen (secondary N) is 2. The molecule has 0 bridgehead atoms. The summed E-state index contributed by atoms with van der Waals surface area (Å²) in [6, 6.07) is 10.7. The Hall–Kier alpha value is -3.80. The molecule has 0 aliphatic carbocycles. The van der Waals surface area contributed by atoms with Gasteiger partial charge in [-0.05, 0) is 73.7 Å². The lowest BCUT2D eigenvalue weighted by atomic mass is 10.0. The summed E-state index contributed by atoms with van der Waals surface area (Å²) in [7, 11) is 4.06. The molecule has 0 unspecified atom stereocenters. The molecule has 1 saturated heterocycles. The number of aromatic amines is 2. The topological polar surface area (TPSA) is 63.8 Å². The summed E-state index contributed by atoms with van der Waals surface area (Å²) < 4.78 is 0. The number of aromatic nitrogens is 4. The number of hydrogen-bond donors (Lipinski definition) is 2. The molecule has 0 amide bonds. The Morgan fingerprint density at radius 3 is 2.62 bits per heavy atom. The number of hydrogen-bond acceptors (Lipinski definition) is 4. The SMILES string of the molecule is C=C/C(=C\C(=C/C)c1ccc2[nH]nc(-c3cc4c(N5CCCCC5)nccc4[nH]3)c2c1)N(C)C. The highest BCUT2D eigenvalue weighted by molar-refractivity contribution is 6.00. The fourth-order valence-electron chi connectivity index (χ4n) is 4.79. The molecule has 0 saturated carbocycles. The van der Waals surface area contributed by atoms with Crippen molar-refractivity contribution in [3.8, 4) is 11.4 Å². The molecular weight excluding hydrogens is 420 g/mol. The second-order valence-electron chi connectivity index (χ2n) is 9.07. The van der Waals surface area contributed by atoms with E-state index in [4.69, 9.17) is 4.98 Å². The van der Waals surface area contributed by atoms with Crippen LogP contribution in [0.25, 0.3) is 38.8 Å². The van der Waals surface area contributed by atoms with Gasteiger partial charge in [0.25, 0.3) is 0 Å². The Bertz CT molecular complexity index is 1400.